The van der Waals surface area contributed by atoms with Crippen molar-refractivity contribution in [2.24, 2.45) is 0 Å². The molecule has 0 spiro atoms. The smallest absolute Gasteiger partial charge is 0.416 e. The van der Waals surface area contributed by atoms with Crippen LogP contribution in [0, 0.1) is 0 Å². The second-order valence-electron chi connectivity index (χ2n) is 5.44. The van der Waals surface area contributed by atoms with Crippen LogP contribution in [-0.2, 0) is 17.5 Å². The monoisotopic (exact) mass is 388 g/mol. The van der Waals surface area contributed by atoms with E-state index in [9.17, 15) is 13.2 Å². The van der Waals surface area contributed by atoms with Crippen LogP contribution in [0.1, 0.15) is 36.1 Å². The van der Waals surface area contributed by atoms with Crippen molar-refractivity contribution < 1.29 is 17.9 Å². The van der Waals surface area contributed by atoms with Crippen LogP contribution in [0.25, 0.3) is 0 Å². The third-order valence-corrected chi connectivity index (χ3v) is 4.92. The topological polar surface area (TPSA) is 27.1 Å². The van der Waals surface area contributed by atoms with Gasteiger partial charge < -0.3 is 9.30 Å². The molecule has 0 bridgehead atoms. The van der Waals surface area contributed by atoms with Gasteiger partial charge in [-0.3, -0.25) is 0 Å². The first-order chi connectivity index (χ1) is 11.9. The molecule has 1 atom stereocenters. The first-order valence-electron chi connectivity index (χ1n) is 7.86. The average Bonchev–Trinajstić information content (AvgIpc) is 3.07. The summed E-state index contributed by atoms with van der Waals surface area (Å²) in [6, 6.07) is 5.17. The number of benzene rings is 1. The van der Waals surface area contributed by atoms with E-state index in [0.717, 1.165) is 30.5 Å². The summed E-state index contributed by atoms with van der Waals surface area (Å²) in [7, 11) is 0. The van der Waals surface area contributed by atoms with Crippen molar-refractivity contribution in [1.82, 2.24) is 9.55 Å². The third kappa shape index (κ3) is 6.36. The molecule has 1 unspecified atom stereocenters. The molecule has 2 aromatic rings. The fraction of sp³-hybridized carbons (Fsp3) is 0.412. The molecule has 0 aliphatic heterocycles. The van der Waals surface area contributed by atoms with Crippen molar-refractivity contribution in [3.63, 3.8) is 0 Å². The van der Waals surface area contributed by atoms with Gasteiger partial charge in [-0.05, 0) is 36.3 Å². The van der Waals surface area contributed by atoms with Gasteiger partial charge in [0.1, 0.15) is 0 Å². The fourth-order valence-electron chi connectivity index (χ4n) is 2.13. The van der Waals surface area contributed by atoms with Gasteiger partial charge in [-0.25, -0.2) is 4.98 Å². The van der Waals surface area contributed by atoms with E-state index in [1.54, 1.807) is 18.7 Å². The van der Waals surface area contributed by atoms with E-state index in [2.05, 4.69) is 11.9 Å². The number of halogens is 3. The van der Waals surface area contributed by atoms with E-state index in [0.29, 0.717) is 17.5 Å². The molecule has 0 N–H and O–H groups in total. The Morgan fingerprint density at radius 1 is 1.32 bits per heavy atom. The molecule has 0 aliphatic rings. The highest BCUT2D eigenvalue weighted by Gasteiger charge is 2.30. The predicted molar refractivity (Wildman–Crippen MR) is 97.5 cm³/mol. The zero-order valence-electron chi connectivity index (χ0n) is 13.7. The second-order valence-corrected chi connectivity index (χ2v) is 7.24. The first-order valence-corrected chi connectivity index (χ1v) is 9.15. The Kier molecular flexibility index (Phi) is 7.31. The molecule has 1 aromatic carbocycles. The quantitative estimate of drug-likeness (QED) is 0.464. The average molecular weight is 388 g/mol. The highest BCUT2D eigenvalue weighted by Crippen LogP contribution is 2.35. The minimum Gasteiger partial charge on any atom is -0.479 e. The number of ether oxygens (including phenoxy) is 1. The Hall–Kier alpha value is -1.54. The Labute approximate surface area is 154 Å². The summed E-state index contributed by atoms with van der Waals surface area (Å²) in [6.07, 6.45) is 2.70. The summed E-state index contributed by atoms with van der Waals surface area (Å²) in [4.78, 5) is 4.00. The second kappa shape index (κ2) is 9.24. The summed E-state index contributed by atoms with van der Waals surface area (Å²) in [6.45, 7) is 3.14. The van der Waals surface area contributed by atoms with Crippen molar-refractivity contribution in [3.8, 4) is 0 Å². The zero-order valence-corrected chi connectivity index (χ0v) is 15.3. The molecule has 0 radical (unpaired) electrons. The lowest BCUT2D eigenvalue weighted by molar-refractivity contribution is -0.137. The number of hydrogen-bond acceptors (Lipinski definition) is 4. The van der Waals surface area contributed by atoms with Crippen LogP contribution < -0.4 is 0 Å². The maximum Gasteiger partial charge on any atom is 0.416 e. The van der Waals surface area contributed by atoms with Crippen LogP contribution in [0.3, 0.4) is 0 Å². The summed E-state index contributed by atoms with van der Waals surface area (Å²) in [5.41, 5.74) is 0.0949. The molecular formula is C17H19F3N2OS2. The van der Waals surface area contributed by atoms with E-state index < -0.39 is 11.7 Å². The zero-order chi connectivity index (χ0) is 18.3. The van der Waals surface area contributed by atoms with Gasteiger partial charge in [-0.15, -0.1) is 0 Å². The standard InChI is InChI=1S/C17H19F3N2OS2/c1-2-3-10-23-16(24)25-15(11-22-9-8-21-12-22)13-4-6-14(7-5-13)17(18,19)20/h4-9,12,15H,2-3,10-11H2,1H3. The van der Waals surface area contributed by atoms with Gasteiger partial charge in [0, 0.05) is 18.9 Å². The van der Waals surface area contributed by atoms with Gasteiger partial charge in [0.2, 0.25) is 4.38 Å². The Morgan fingerprint density at radius 3 is 2.60 bits per heavy atom. The van der Waals surface area contributed by atoms with E-state index in [1.165, 1.54) is 23.9 Å². The lowest BCUT2D eigenvalue weighted by Crippen LogP contribution is -2.10. The van der Waals surface area contributed by atoms with Crippen LogP contribution in [0.15, 0.2) is 43.0 Å². The highest BCUT2D eigenvalue weighted by atomic mass is 32.2. The predicted octanol–water partition coefficient (Wildman–Crippen LogP) is 5.48. The summed E-state index contributed by atoms with van der Waals surface area (Å²) in [5.74, 6) is 0. The third-order valence-electron chi connectivity index (χ3n) is 3.50. The van der Waals surface area contributed by atoms with Crippen LogP contribution in [0.2, 0.25) is 0 Å². The van der Waals surface area contributed by atoms with Crippen molar-refractivity contribution >= 4 is 28.4 Å². The number of nitrogens with zero attached hydrogens (tertiary/aromatic N) is 2. The number of hydrogen-bond donors (Lipinski definition) is 0. The number of thioether (sulfide) groups is 1. The molecule has 3 nitrogen and oxygen atoms in total. The van der Waals surface area contributed by atoms with E-state index in [1.807, 2.05) is 4.57 Å². The van der Waals surface area contributed by atoms with Gasteiger partial charge >= 0.3 is 6.18 Å². The van der Waals surface area contributed by atoms with Crippen LogP contribution in [-0.4, -0.2) is 20.5 Å². The maximum absolute atomic E-state index is 12.8. The van der Waals surface area contributed by atoms with Gasteiger partial charge in [0.05, 0.1) is 23.7 Å². The first kappa shape index (κ1) is 19.8. The minimum atomic E-state index is -4.34. The summed E-state index contributed by atoms with van der Waals surface area (Å²) in [5, 5.41) is -0.161. The lowest BCUT2D eigenvalue weighted by atomic mass is 10.1. The van der Waals surface area contributed by atoms with Crippen LogP contribution >= 0.6 is 24.0 Å². The van der Waals surface area contributed by atoms with Crippen molar-refractivity contribution in [1.29, 1.82) is 0 Å². The SMILES string of the molecule is CCCCOC(=S)SC(Cn1ccnc1)c1ccc(C(F)(F)F)cc1. The minimum absolute atomic E-state index is 0.161. The largest absolute Gasteiger partial charge is 0.479 e. The van der Waals surface area contributed by atoms with E-state index >= 15 is 0 Å². The Bertz CT molecular complexity index is 658. The highest BCUT2D eigenvalue weighted by molar-refractivity contribution is 8.22. The summed E-state index contributed by atoms with van der Waals surface area (Å²) >= 11 is 6.60. The molecule has 136 valence electrons. The fourth-order valence-corrected chi connectivity index (χ4v) is 3.49. The molecule has 0 saturated carbocycles. The molecule has 0 saturated heterocycles. The Morgan fingerprint density at radius 2 is 2.04 bits per heavy atom. The number of imidazole rings is 1. The van der Waals surface area contributed by atoms with E-state index in [4.69, 9.17) is 17.0 Å². The van der Waals surface area contributed by atoms with Gasteiger partial charge in [0.15, 0.2) is 0 Å². The molecule has 0 amide bonds. The molecule has 1 aromatic heterocycles. The van der Waals surface area contributed by atoms with Gasteiger partial charge in [-0.1, -0.05) is 37.2 Å². The van der Waals surface area contributed by atoms with Crippen molar-refractivity contribution in [2.75, 3.05) is 6.61 Å². The maximum atomic E-state index is 12.8. The van der Waals surface area contributed by atoms with Crippen LogP contribution in [0.4, 0.5) is 13.2 Å². The van der Waals surface area contributed by atoms with Gasteiger partial charge in [0.25, 0.3) is 0 Å². The lowest BCUT2D eigenvalue weighted by Gasteiger charge is -2.19. The number of thiocarbonyl (C=S) groups is 1. The number of rotatable bonds is 7. The molecule has 0 fully saturated rings. The molecule has 25 heavy (non-hydrogen) atoms. The molecular weight excluding hydrogens is 369 g/mol. The van der Waals surface area contributed by atoms with Crippen LogP contribution in [0.5, 0.6) is 0 Å². The van der Waals surface area contributed by atoms with Crippen molar-refractivity contribution in [2.45, 2.75) is 37.7 Å². The summed E-state index contributed by atoms with van der Waals surface area (Å²) < 4.78 is 46.0. The molecule has 1 heterocycles. The normalized spacial score (nSPS) is 12.8. The number of aromatic nitrogens is 2. The molecule has 0 aliphatic carbocycles. The van der Waals surface area contributed by atoms with Crippen molar-refractivity contribution in [3.05, 3.63) is 54.1 Å². The Balaban J connectivity index is 2.12. The number of unbranched alkanes of at least 4 members (excludes halogenated alkanes) is 1. The van der Waals surface area contributed by atoms with E-state index in [-0.39, 0.29) is 5.25 Å². The molecule has 2 rings (SSSR count). The molecule has 8 heteroatoms. The van der Waals surface area contributed by atoms with Gasteiger partial charge in [-0.2, -0.15) is 13.2 Å². The number of alkyl halides is 3.